The number of nitrogens with one attached hydrogen (secondary N) is 3. The summed E-state index contributed by atoms with van der Waals surface area (Å²) in [5.41, 5.74) is 17.1. The van der Waals surface area contributed by atoms with Crippen molar-refractivity contribution in [2.75, 3.05) is 13.2 Å². The third kappa shape index (κ3) is 11.0. The van der Waals surface area contributed by atoms with Gasteiger partial charge in [0.25, 0.3) is 0 Å². The number of guanidine groups is 1. The molecule has 1 rings (SSSR count). The molecule has 0 aromatic heterocycles. The fraction of sp³-hybridized carbons (Fsp3) is 0.542. The van der Waals surface area contributed by atoms with Crippen molar-refractivity contribution in [2.45, 2.75) is 63.7 Å². The van der Waals surface area contributed by atoms with Crippen LogP contribution < -0.4 is 33.2 Å². The number of carboxylic acid groups (broad SMARTS) is 1. The summed E-state index contributed by atoms with van der Waals surface area (Å²) in [6, 6.07) is 1.26. The zero-order valence-electron chi connectivity index (χ0n) is 21.6. The molecule has 5 unspecified atom stereocenters. The number of amides is 3. The van der Waals surface area contributed by atoms with E-state index in [2.05, 4.69) is 20.9 Å². The molecule has 12 N–H and O–H groups in total. The van der Waals surface area contributed by atoms with Crippen LogP contribution in [0.15, 0.2) is 29.3 Å². The van der Waals surface area contributed by atoms with E-state index in [4.69, 9.17) is 17.2 Å². The molecule has 0 aliphatic carbocycles. The van der Waals surface area contributed by atoms with E-state index in [1.54, 1.807) is 26.0 Å². The van der Waals surface area contributed by atoms with Crippen LogP contribution in [0.3, 0.4) is 0 Å². The zero-order chi connectivity index (χ0) is 28.8. The quantitative estimate of drug-likeness (QED) is 0.0630. The molecule has 0 heterocycles. The summed E-state index contributed by atoms with van der Waals surface area (Å²) in [7, 11) is 0. The number of carboxylic acids is 1. The summed E-state index contributed by atoms with van der Waals surface area (Å²) in [5.74, 6) is -4.01. The van der Waals surface area contributed by atoms with Crippen LogP contribution in [-0.4, -0.2) is 82.3 Å². The van der Waals surface area contributed by atoms with Crippen LogP contribution in [0.4, 0.5) is 0 Å². The molecule has 0 aliphatic rings. The lowest BCUT2D eigenvalue weighted by Gasteiger charge is -2.27. The van der Waals surface area contributed by atoms with Gasteiger partial charge in [-0.3, -0.25) is 19.4 Å². The molecule has 14 heteroatoms. The Balaban J connectivity index is 2.84. The minimum absolute atomic E-state index is 0.0489. The van der Waals surface area contributed by atoms with Crippen LogP contribution in [0.1, 0.15) is 38.7 Å². The third-order valence-electron chi connectivity index (χ3n) is 5.90. The number of aliphatic hydroxyl groups excluding tert-OH is 1. The largest absolute Gasteiger partial charge is 0.508 e. The average molecular weight is 538 g/mol. The first-order chi connectivity index (χ1) is 17.9. The van der Waals surface area contributed by atoms with Gasteiger partial charge in [0.2, 0.25) is 17.7 Å². The lowest BCUT2D eigenvalue weighted by atomic mass is 9.97. The van der Waals surface area contributed by atoms with E-state index in [0.29, 0.717) is 18.4 Å². The summed E-state index contributed by atoms with van der Waals surface area (Å²) < 4.78 is 0. The Kier molecular flexibility index (Phi) is 13.6. The molecule has 0 saturated heterocycles. The van der Waals surface area contributed by atoms with Crippen molar-refractivity contribution in [3.8, 4) is 5.75 Å². The smallest absolute Gasteiger partial charge is 0.326 e. The molecule has 1 aromatic carbocycles. The first-order valence-electron chi connectivity index (χ1n) is 12.2. The summed E-state index contributed by atoms with van der Waals surface area (Å²) in [6.07, 6.45) is 0.920. The molecular weight excluding hydrogens is 498 g/mol. The molecule has 0 bridgehead atoms. The predicted molar refractivity (Wildman–Crippen MR) is 140 cm³/mol. The Morgan fingerprint density at radius 3 is 2.11 bits per heavy atom. The van der Waals surface area contributed by atoms with E-state index in [9.17, 15) is 34.5 Å². The summed E-state index contributed by atoms with van der Waals surface area (Å²) in [5, 5.41) is 35.9. The lowest BCUT2D eigenvalue weighted by molar-refractivity contribution is -0.143. The Labute approximate surface area is 221 Å². The molecule has 38 heavy (non-hydrogen) atoms. The second kappa shape index (κ2) is 16.0. The van der Waals surface area contributed by atoms with Crippen molar-refractivity contribution in [3.05, 3.63) is 29.8 Å². The second-order valence-electron chi connectivity index (χ2n) is 8.94. The molecule has 14 nitrogen and oxygen atoms in total. The third-order valence-corrected chi connectivity index (χ3v) is 5.90. The number of aliphatic hydroxyl groups is 1. The maximum atomic E-state index is 13.0. The van der Waals surface area contributed by atoms with Crippen molar-refractivity contribution in [3.63, 3.8) is 0 Å². The first-order valence-corrected chi connectivity index (χ1v) is 12.2. The van der Waals surface area contributed by atoms with Gasteiger partial charge in [0.05, 0.1) is 12.6 Å². The van der Waals surface area contributed by atoms with Gasteiger partial charge in [-0.05, 0) is 42.9 Å². The number of aromatic hydroxyl groups is 1. The number of aliphatic imine (C=N–C) groups is 1. The van der Waals surface area contributed by atoms with E-state index in [-0.39, 0.29) is 31.1 Å². The number of hydrogen-bond donors (Lipinski definition) is 9. The molecule has 0 aliphatic heterocycles. The summed E-state index contributed by atoms with van der Waals surface area (Å²) >= 11 is 0. The molecule has 0 radical (unpaired) electrons. The molecule has 1 aromatic rings. The maximum absolute atomic E-state index is 13.0. The highest BCUT2D eigenvalue weighted by molar-refractivity contribution is 5.94. The standard InChI is InChI=1S/C24H39N7O7/c1-3-13(2)19(22(36)29-17(23(37)38)5-4-10-28-24(26)27)31-21(35)18(12-32)30-20(34)16(25)11-14-6-8-15(33)9-7-14/h6-9,13,16-19,32-33H,3-5,10-12,25H2,1-2H3,(H,29,36)(H,30,34)(H,31,35)(H,37,38)(H4,26,27,28). The van der Waals surface area contributed by atoms with Crippen LogP contribution in [0.2, 0.25) is 0 Å². The van der Waals surface area contributed by atoms with Gasteiger partial charge in [0.1, 0.15) is 23.9 Å². The van der Waals surface area contributed by atoms with E-state index < -0.39 is 60.4 Å². The molecule has 0 spiro atoms. The van der Waals surface area contributed by atoms with Crippen LogP contribution in [0.5, 0.6) is 5.75 Å². The molecule has 5 atom stereocenters. The van der Waals surface area contributed by atoms with Crippen LogP contribution in [0.25, 0.3) is 0 Å². The Bertz CT molecular complexity index is 967. The van der Waals surface area contributed by atoms with Crippen LogP contribution in [0, 0.1) is 5.92 Å². The number of nitrogens with zero attached hydrogens (tertiary/aromatic N) is 1. The minimum Gasteiger partial charge on any atom is -0.508 e. The lowest BCUT2D eigenvalue weighted by Crippen LogP contribution is -2.59. The number of nitrogens with two attached hydrogens (primary N) is 3. The predicted octanol–water partition coefficient (Wildman–Crippen LogP) is -2.11. The van der Waals surface area contributed by atoms with Gasteiger partial charge in [-0.2, -0.15) is 0 Å². The van der Waals surface area contributed by atoms with Crippen LogP contribution in [-0.2, 0) is 25.6 Å². The van der Waals surface area contributed by atoms with Gasteiger partial charge in [0, 0.05) is 6.54 Å². The molecule has 3 amide bonds. The topological polar surface area (TPSA) is 255 Å². The normalized spacial score (nSPS) is 14.7. The van der Waals surface area contributed by atoms with Gasteiger partial charge >= 0.3 is 5.97 Å². The number of aliphatic carboxylic acids is 1. The van der Waals surface area contributed by atoms with Gasteiger partial charge in [-0.15, -0.1) is 0 Å². The summed E-state index contributed by atoms with van der Waals surface area (Å²) in [4.78, 5) is 53.8. The number of carbonyl (C=O) groups excluding carboxylic acids is 3. The zero-order valence-corrected chi connectivity index (χ0v) is 21.6. The number of phenols is 1. The van der Waals surface area contributed by atoms with Crippen molar-refractivity contribution in [2.24, 2.45) is 28.1 Å². The molecular formula is C24H39N7O7. The monoisotopic (exact) mass is 537 g/mol. The maximum Gasteiger partial charge on any atom is 0.326 e. The Hall–Kier alpha value is -3.91. The Morgan fingerprint density at radius 2 is 1.58 bits per heavy atom. The van der Waals surface area contributed by atoms with Crippen molar-refractivity contribution in [1.82, 2.24) is 16.0 Å². The molecule has 0 saturated carbocycles. The minimum atomic E-state index is -1.40. The average Bonchev–Trinajstić information content (AvgIpc) is 2.87. The summed E-state index contributed by atoms with van der Waals surface area (Å²) in [6.45, 7) is 2.90. The van der Waals surface area contributed by atoms with Gasteiger partial charge in [0.15, 0.2) is 5.96 Å². The SMILES string of the molecule is CCC(C)C(NC(=O)C(CO)NC(=O)C(N)Cc1ccc(O)cc1)C(=O)NC(CCCN=C(N)N)C(=O)O. The number of carbonyl (C=O) groups is 4. The fourth-order valence-corrected chi connectivity index (χ4v) is 3.43. The fourth-order valence-electron chi connectivity index (χ4n) is 3.43. The number of phenolic OH excluding ortho intramolecular Hbond substituents is 1. The van der Waals surface area contributed by atoms with Crippen LogP contribution >= 0.6 is 0 Å². The van der Waals surface area contributed by atoms with E-state index in [1.165, 1.54) is 12.1 Å². The van der Waals surface area contributed by atoms with E-state index in [1.807, 2.05) is 0 Å². The highest BCUT2D eigenvalue weighted by Crippen LogP contribution is 2.12. The first kappa shape index (κ1) is 32.1. The second-order valence-corrected chi connectivity index (χ2v) is 8.94. The molecule has 0 fully saturated rings. The Morgan fingerprint density at radius 1 is 0.974 bits per heavy atom. The van der Waals surface area contributed by atoms with Crippen molar-refractivity contribution >= 4 is 29.7 Å². The molecule has 212 valence electrons. The van der Waals surface area contributed by atoms with E-state index >= 15 is 0 Å². The van der Waals surface area contributed by atoms with Crippen molar-refractivity contribution < 1.29 is 34.5 Å². The highest BCUT2D eigenvalue weighted by atomic mass is 16.4. The van der Waals surface area contributed by atoms with Gasteiger partial charge in [-0.1, -0.05) is 32.4 Å². The number of hydrogen-bond acceptors (Lipinski definition) is 8. The van der Waals surface area contributed by atoms with Gasteiger partial charge < -0.3 is 48.5 Å². The number of rotatable bonds is 16. The van der Waals surface area contributed by atoms with E-state index in [0.717, 1.165) is 0 Å². The van der Waals surface area contributed by atoms with Gasteiger partial charge in [-0.25, -0.2) is 4.79 Å². The van der Waals surface area contributed by atoms with Crippen molar-refractivity contribution in [1.29, 1.82) is 0 Å². The number of benzene rings is 1. The highest BCUT2D eigenvalue weighted by Gasteiger charge is 2.32.